The molecule has 0 saturated carbocycles. The molecule has 0 aromatic carbocycles. The highest BCUT2D eigenvalue weighted by Crippen LogP contribution is 2.24. The lowest BCUT2D eigenvalue weighted by Gasteiger charge is -2.00. The average molecular weight is 258 g/mol. The van der Waals surface area contributed by atoms with Gasteiger partial charge >= 0.3 is 0 Å². The van der Waals surface area contributed by atoms with Crippen molar-refractivity contribution in [3.05, 3.63) is 24.3 Å². The van der Waals surface area contributed by atoms with Gasteiger partial charge in [0, 0.05) is 11.5 Å². The van der Waals surface area contributed by atoms with Gasteiger partial charge in [-0.25, -0.2) is 0 Å². The molecular formula is C14H26S2. The van der Waals surface area contributed by atoms with Crippen molar-refractivity contribution in [1.29, 1.82) is 0 Å². The molecule has 0 heterocycles. The topological polar surface area (TPSA) is 0 Å². The number of rotatable bonds is 11. The van der Waals surface area contributed by atoms with E-state index in [0.29, 0.717) is 0 Å². The monoisotopic (exact) mass is 258 g/mol. The Balaban J connectivity index is 2.93. The van der Waals surface area contributed by atoms with Crippen LogP contribution < -0.4 is 0 Å². The maximum Gasteiger partial charge on any atom is 0.00370 e. The molecule has 0 unspecified atom stereocenters. The summed E-state index contributed by atoms with van der Waals surface area (Å²) < 4.78 is 0. The fourth-order valence-electron chi connectivity index (χ4n) is 1.30. The van der Waals surface area contributed by atoms with Crippen LogP contribution in [-0.4, -0.2) is 11.5 Å². The second-order valence-corrected chi connectivity index (χ2v) is 6.48. The third kappa shape index (κ3) is 14.2. The van der Waals surface area contributed by atoms with Crippen LogP contribution in [0.5, 0.6) is 0 Å². The van der Waals surface area contributed by atoms with Crippen LogP contribution in [0.25, 0.3) is 0 Å². The molecule has 0 fully saturated rings. The summed E-state index contributed by atoms with van der Waals surface area (Å²) >= 11 is 0. The summed E-state index contributed by atoms with van der Waals surface area (Å²) in [5.41, 5.74) is 0. The normalized spacial score (nSPS) is 11.9. The van der Waals surface area contributed by atoms with Gasteiger partial charge in [0.1, 0.15) is 0 Å². The molecule has 0 spiro atoms. The Labute approximate surface area is 110 Å². The van der Waals surface area contributed by atoms with Crippen LogP contribution in [0.1, 0.15) is 52.4 Å². The quantitative estimate of drug-likeness (QED) is 0.258. The van der Waals surface area contributed by atoms with Gasteiger partial charge in [-0.2, -0.15) is 0 Å². The molecule has 0 rings (SSSR count). The molecule has 0 aliphatic rings. The molecule has 0 saturated heterocycles. The van der Waals surface area contributed by atoms with E-state index in [1.165, 1.54) is 50.0 Å². The molecule has 0 atom stereocenters. The maximum atomic E-state index is 2.26. The first kappa shape index (κ1) is 16.2. The van der Waals surface area contributed by atoms with Crippen molar-refractivity contribution in [3.8, 4) is 0 Å². The summed E-state index contributed by atoms with van der Waals surface area (Å²) in [5, 5.41) is 0. The molecule has 0 aliphatic heterocycles. The van der Waals surface area contributed by atoms with Gasteiger partial charge in [-0.3, -0.25) is 0 Å². The van der Waals surface area contributed by atoms with Crippen LogP contribution in [0, 0.1) is 0 Å². The molecule has 0 radical (unpaired) electrons. The Morgan fingerprint density at radius 1 is 0.688 bits per heavy atom. The van der Waals surface area contributed by atoms with Crippen molar-refractivity contribution in [3.63, 3.8) is 0 Å². The van der Waals surface area contributed by atoms with Crippen LogP contribution in [0.3, 0.4) is 0 Å². The highest BCUT2D eigenvalue weighted by molar-refractivity contribution is 8.76. The first-order valence-electron chi connectivity index (χ1n) is 6.38. The Morgan fingerprint density at radius 2 is 1.12 bits per heavy atom. The Hall–Kier alpha value is 0.180. The minimum Gasteiger partial charge on any atom is -0.0942 e. The third-order valence-electron chi connectivity index (χ3n) is 2.25. The van der Waals surface area contributed by atoms with E-state index in [1.807, 2.05) is 21.6 Å². The minimum atomic E-state index is 1.26. The first-order chi connectivity index (χ1) is 7.91. The van der Waals surface area contributed by atoms with Crippen molar-refractivity contribution < 1.29 is 0 Å². The van der Waals surface area contributed by atoms with Crippen LogP contribution in [0.15, 0.2) is 24.3 Å². The lowest BCUT2D eigenvalue weighted by atomic mass is 10.2. The van der Waals surface area contributed by atoms with Crippen LogP contribution >= 0.6 is 21.6 Å². The van der Waals surface area contributed by atoms with Crippen LogP contribution in [0.2, 0.25) is 0 Å². The predicted octanol–water partition coefficient (Wildman–Crippen LogP) is 5.86. The van der Waals surface area contributed by atoms with Crippen molar-refractivity contribution in [2.45, 2.75) is 52.4 Å². The SMILES string of the molecule is CC=CCCCCSSCCCCC=CC. The maximum absolute atomic E-state index is 2.26. The molecule has 0 bridgehead atoms. The smallest absolute Gasteiger partial charge is 0.00370 e. The fourth-order valence-corrected chi connectivity index (χ4v) is 3.59. The summed E-state index contributed by atoms with van der Waals surface area (Å²) in [7, 11) is 4.10. The molecule has 0 N–H and O–H groups in total. The standard InChI is InChI=1S/C14H26S2/c1-3-5-7-9-11-13-15-16-14-12-10-8-6-4-2/h3-6H,7-14H2,1-2H3. The second-order valence-electron chi connectivity index (χ2n) is 3.77. The van der Waals surface area contributed by atoms with Gasteiger partial charge in [0.05, 0.1) is 0 Å². The van der Waals surface area contributed by atoms with E-state index >= 15 is 0 Å². The number of unbranched alkanes of at least 4 members (excludes halogenated alkanes) is 4. The van der Waals surface area contributed by atoms with E-state index in [-0.39, 0.29) is 0 Å². The van der Waals surface area contributed by atoms with E-state index in [0.717, 1.165) is 0 Å². The molecule has 16 heavy (non-hydrogen) atoms. The van der Waals surface area contributed by atoms with Crippen LogP contribution in [-0.2, 0) is 0 Å². The third-order valence-corrected chi connectivity index (χ3v) is 4.83. The summed E-state index contributed by atoms with van der Waals surface area (Å²) in [6, 6.07) is 0. The molecule has 0 amide bonds. The highest BCUT2D eigenvalue weighted by atomic mass is 33.1. The Kier molecular flexibility index (Phi) is 15.4. The largest absolute Gasteiger partial charge is 0.0942 e. The highest BCUT2D eigenvalue weighted by Gasteiger charge is 1.91. The van der Waals surface area contributed by atoms with Gasteiger partial charge < -0.3 is 0 Å². The first-order valence-corrected chi connectivity index (χ1v) is 8.87. The van der Waals surface area contributed by atoms with E-state index in [2.05, 4.69) is 38.2 Å². The second kappa shape index (κ2) is 15.2. The van der Waals surface area contributed by atoms with Gasteiger partial charge in [-0.05, 0) is 52.4 Å². The summed E-state index contributed by atoms with van der Waals surface area (Å²) in [4.78, 5) is 0. The van der Waals surface area contributed by atoms with Gasteiger partial charge in [-0.15, -0.1) is 0 Å². The number of allylic oxidation sites excluding steroid dienone is 4. The molecular weight excluding hydrogens is 232 g/mol. The van der Waals surface area contributed by atoms with Crippen LogP contribution in [0.4, 0.5) is 0 Å². The lowest BCUT2D eigenvalue weighted by molar-refractivity contribution is 0.821. The number of hydrogen-bond donors (Lipinski definition) is 0. The lowest BCUT2D eigenvalue weighted by Crippen LogP contribution is -1.80. The molecule has 0 nitrogen and oxygen atoms in total. The van der Waals surface area contributed by atoms with Gasteiger partial charge in [0.15, 0.2) is 0 Å². The van der Waals surface area contributed by atoms with Gasteiger partial charge in [0.25, 0.3) is 0 Å². The Morgan fingerprint density at radius 3 is 1.50 bits per heavy atom. The zero-order chi connectivity index (χ0) is 11.9. The summed E-state index contributed by atoms with van der Waals surface area (Å²) in [6.45, 7) is 4.19. The molecule has 0 aromatic heterocycles. The molecule has 94 valence electrons. The minimum absolute atomic E-state index is 1.26. The van der Waals surface area contributed by atoms with Gasteiger partial charge in [0.2, 0.25) is 0 Å². The fraction of sp³-hybridized carbons (Fsp3) is 0.714. The van der Waals surface area contributed by atoms with Crippen molar-refractivity contribution in [2.75, 3.05) is 11.5 Å². The van der Waals surface area contributed by atoms with Crippen molar-refractivity contribution >= 4 is 21.6 Å². The van der Waals surface area contributed by atoms with E-state index < -0.39 is 0 Å². The zero-order valence-corrected chi connectivity index (χ0v) is 12.4. The predicted molar refractivity (Wildman–Crippen MR) is 82.2 cm³/mol. The molecule has 0 aliphatic carbocycles. The molecule has 2 heteroatoms. The zero-order valence-electron chi connectivity index (χ0n) is 10.8. The van der Waals surface area contributed by atoms with E-state index in [1.54, 1.807) is 0 Å². The van der Waals surface area contributed by atoms with Gasteiger partial charge in [-0.1, -0.05) is 45.9 Å². The van der Waals surface area contributed by atoms with Crippen molar-refractivity contribution in [1.82, 2.24) is 0 Å². The van der Waals surface area contributed by atoms with E-state index in [4.69, 9.17) is 0 Å². The summed E-state index contributed by atoms with van der Waals surface area (Å²) in [5.74, 6) is 2.63. The Bertz CT molecular complexity index is 154. The van der Waals surface area contributed by atoms with E-state index in [9.17, 15) is 0 Å². The average Bonchev–Trinajstić information content (AvgIpc) is 2.31. The molecule has 0 aromatic rings. The summed E-state index contributed by atoms with van der Waals surface area (Å²) in [6.07, 6.45) is 16.7. The van der Waals surface area contributed by atoms with Crippen molar-refractivity contribution in [2.24, 2.45) is 0 Å². The number of hydrogen-bond acceptors (Lipinski definition) is 2.